The fourth-order valence-corrected chi connectivity index (χ4v) is 2.66. The van der Waals surface area contributed by atoms with Crippen LogP contribution in [0.2, 0.25) is 5.02 Å². The van der Waals surface area contributed by atoms with E-state index in [1.807, 2.05) is 48.5 Å². The number of fused-ring (bicyclic) bond motifs is 1. The van der Waals surface area contributed by atoms with Gasteiger partial charge in [0, 0.05) is 29.7 Å². The summed E-state index contributed by atoms with van der Waals surface area (Å²) in [5.41, 5.74) is 4.17. The second kappa shape index (κ2) is 6.31. The number of nitrogens with one attached hydrogen (secondary N) is 2. The highest BCUT2D eigenvalue weighted by Crippen LogP contribution is 2.26. The van der Waals surface area contributed by atoms with Gasteiger partial charge in [-0.05, 0) is 17.2 Å². The van der Waals surface area contributed by atoms with Crippen LogP contribution in [0.4, 0.5) is 0 Å². The maximum Gasteiger partial charge on any atom is 0.0705 e. The molecule has 3 aromatic rings. The monoisotopic (exact) mass is 300 g/mol. The van der Waals surface area contributed by atoms with Gasteiger partial charge in [-0.1, -0.05) is 54.1 Å². The first kappa shape index (κ1) is 14.1. The molecular weight excluding hydrogens is 284 g/mol. The Morgan fingerprint density at radius 1 is 0.952 bits per heavy atom. The first-order valence-corrected chi connectivity index (χ1v) is 7.30. The Kier molecular flexibility index (Phi) is 4.25. The Morgan fingerprint density at radius 3 is 2.38 bits per heavy atom. The van der Waals surface area contributed by atoms with Crippen molar-refractivity contribution in [1.29, 1.82) is 0 Å². The Hall–Kier alpha value is -1.81. The fourth-order valence-electron chi connectivity index (χ4n) is 2.38. The average Bonchev–Trinajstić information content (AvgIpc) is 2.85. The van der Waals surface area contributed by atoms with Crippen molar-refractivity contribution >= 4 is 22.5 Å². The molecule has 3 rings (SSSR count). The van der Waals surface area contributed by atoms with Gasteiger partial charge in [0.25, 0.3) is 0 Å². The number of aromatic amines is 1. The number of benzene rings is 2. The Balaban J connectivity index is 1.64. The largest absolute Gasteiger partial charge is 0.392 e. The number of H-pyrrole nitrogens is 1. The normalized spacial score (nSPS) is 11.1. The molecule has 0 spiro atoms. The molecule has 0 saturated heterocycles. The van der Waals surface area contributed by atoms with Crippen molar-refractivity contribution in [3.05, 3.63) is 70.4 Å². The molecular formula is C17H17ClN2O. The number of aliphatic hydroxyl groups is 1. The van der Waals surface area contributed by atoms with E-state index in [2.05, 4.69) is 10.3 Å². The molecule has 0 aliphatic heterocycles. The molecule has 2 aromatic carbocycles. The predicted molar refractivity (Wildman–Crippen MR) is 86.2 cm³/mol. The van der Waals surface area contributed by atoms with Gasteiger partial charge in [0.2, 0.25) is 0 Å². The second-order valence-corrected chi connectivity index (χ2v) is 5.42. The quantitative estimate of drug-likeness (QED) is 0.674. The van der Waals surface area contributed by atoms with E-state index in [0.29, 0.717) is 6.54 Å². The minimum Gasteiger partial charge on any atom is -0.392 e. The van der Waals surface area contributed by atoms with Gasteiger partial charge in [0.05, 0.1) is 11.6 Å². The predicted octanol–water partition coefficient (Wildman–Crippen LogP) is 3.60. The van der Waals surface area contributed by atoms with Gasteiger partial charge in [-0.15, -0.1) is 0 Å². The molecule has 21 heavy (non-hydrogen) atoms. The van der Waals surface area contributed by atoms with Crippen LogP contribution in [0.5, 0.6) is 0 Å². The lowest BCUT2D eigenvalue weighted by Crippen LogP contribution is -2.13. The zero-order valence-electron chi connectivity index (χ0n) is 11.6. The first-order valence-electron chi connectivity index (χ1n) is 6.92. The number of hydrogen-bond acceptors (Lipinski definition) is 2. The van der Waals surface area contributed by atoms with E-state index in [9.17, 15) is 0 Å². The van der Waals surface area contributed by atoms with Crippen LogP contribution in [-0.2, 0) is 19.7 Å². The molecule has 0 atom stereocenters. The molecule has 0 fully saturated rings. The van der Waals surface area contributed by atoms with Gasteiger partial charge >= 0.3 is 0 Å². The molecule has 0 aliphatic rings. The summed E-state index contributed by atoms with van der Waals surface area (Å²) in [7, 11) is 0. The standard InChI is InChI=1S/C17H17ClN2O/c18-17-14-3-1-2-4-15(14)20-16(17)10-19-9-12-5-7-13(11-21)8-6-12/h1-8,19-21H,9-11H2. The second-order valence-electron chi connectivity index (χ2n) is 5.04. The van der Waals surface area contributed by atoms with Crippen LogP contribution >= 0.6 is 11.6 Å². The van der Waals surface area contributed by atoms with Crippen molar-refractivity contribution in [1.82, 2.24) is 10.3 Å². The number of halogens is 1. The minimum absolute atomic E-state index is 0.0817. The molecule has 3 nitrogen and oxygen atoms in total. The van der Waals surface area contributed by atoms with Crippen molar-refractivity contribution < 1.29 is 5.11 Å². The van der Waals surface area contributed by atoms with E-state index in [1.165, 1.54) is 5.56 Å². The van der Waals surface area contributed by atoms with Gasteiger partial charge in [0.1, 0.15) is 0 Å². The molecule has 0 aliphatic carbocycles. The Bertz CT molecular complexity index is 734. The maximum atomic E-state index is 9.02. The molecule has 1 heterocycles. The SMILES string of the molecule is OCc1ccc(CNCc2[nH]c3ccccc3c2Cl)cc1. The molecule has 108 valence electrons. The van der Waals surface area contributed by atoms with Crippen LogP contribution in [0.1, 0.15) is 16.8 Å². The van der Waals surface area contributed by atoms with Gasteiger partial charge in [-0.25, -0.2) is 0 Å². The van der Waals surface area contributed by atoms with Crippen LogP contribution in [0, 0.1) is 0 Å². The molecule has 4 heteroatoms. The smallest absolute Gasteiger partial charge is 0.0705 e. The summed E-state index contributed by atoms with van der Waals surface area (Å²) < 4.78 is 0. The molecule has 0 amide bonds. The van der Waals surface area contributed by atoms with Crippen molar-refractivity contribution in [2.75, 3.05) is 0 Å². The third kappa shape index (κ3) is 3.10. The Morgan fingerprint density at radius 2 is 1.67 bits per heavy atom. The van der Waals surface area contributed by atoms with Crippen LogP contribution < -0.4 is 5.32 Å². The van der Waals surface area contributed by atoms with Gasteiger partial charge in [-0.3, -0.25) is 0 Å². The fraction of sp³-hybridized carbons (Fsp3) is 0.176. The van der Waals surface area contributed by atoms with Crippen LogP contribution in [0.25, 0.3) is 10.9 Å². The summed E-state index contributed by atoms with van der Waals surface area (Å²) in [4.78, 5) is 3.34. The van der Waals surface area contributed by atoms with Crippen LogP contribution in [0.3, 0.4) is 0 Å². The van der Waals surface area contributed by atoms with E-state index < -0.39 is 0 Å². The molecule has 1 aromatic heterocycles. The lowest BCUT2D eigenvalue weighted by molar-refractivity contribution is 0.282. The van der Waals surface area contributed by atoms with Crippen LogP contribution in [-0.4, -0.2) is 10.1 Å². The number of aliphatic hydroxyl groups excluding tert-OH is 1. The van der Waals surface area contributed by atoms with E-state index in [4.69, 9.17) is 16.7 Å². The summed E-state index contributed by atoms with van der Waals surface area (Å²) in [6.07, 6.45) is 0. The summed E-state index contributed by atoms with van der Waals surface area (Å²) in [5, 5.41) is 14.2. The van der Waals surface area contributed by atoms with E-state index in [-0.39, 0.29) is 6.61 Å². The average molecular weight is 301 g/mol. The third-order valence-corrected chi connectivity index (χ3v) is 3.98. The van der Waals surface area contributed by atoms with Crippen molar-refractivity contribution in [2.45, 2.75) is 19.7 Å². The molecule has 0 unspecified atom stereocenters. The van der Waals surface area contributed by atoms with Crippen molar-refractivity contribution in [3.63, 3.8) is 0 Å². The Labute approximate surface area is 128 Å². The lowest BCUT2D eigenvalue weighted by atomic mass is 10.1. The molecule has 0 bridgehead atoms. The lowest BCUT2D eigenvalue weighted by Gasteiger charge is -2.05. The molecule has 0 saturated carbocycles. The van der Waals surface area contributed by atoms with Gasteiger partial charge in [-0.2, -0.15) is 0 Å². The van der Waals surface area contributed by atoms with Crippen LogP contribution in [0.15, 0.2) is 48.5 Å². The number of rotatable bonds is 5. The highest BCUT2D eigenvalue weighted by molar-refractivity contribution is 6.36. The maximum absolute atomic E-state index is 9.02. The summed E-state index contributed by atoms with van der Waals surface area (Å²) in [6.45, 7) is 1.53. The molecule has 3 N–H and O–H groups in total. The van der Waals surface area contributed by atoms with Crippen molar-refractivity contribution in [2.24, 2.45) is 0 Å². The highest BCUT2D eigenvalue weighted by atomic mass is 35.5. The summed E-state index contributed by atoms with van der Waals surface area (Å²) in [5.74, 6) is 0. The van der Waals surface area contributed by atoms with E-state index >= 15 is 0 Å². The third-order valence-electron chi connectivity index (χ3n) is 3.55. The summed E-state index contributed by atoms with van der Waals surface area (Å²) in [6, 6.07) is 15.9. The van der Waals surface area contributed by atoms with Crippen molar-refractivity contribution in [3.8, 4) is 0 Å². The zero-order chi connectivity index (χ0) is 14.7. The number of para-hydroxylation sites is 1. The zero-order valence-corrected chi connectivity index (χ0v) is 12.3. The number of hydrogen-bond donors (Lipinski definition) is 3. The molecule has 0 radical (unpaired) electrons. The van der Waals surface area contributed by atoms with Gasteiger partial charge in [0.15, 0.2) is 0 Å². The highest BCUT2D eigenvalue weighted by Gasteiger charge is 2.08. The number of aromatic nitrogens is 1. The first-order chi connectivity index (χ1) is 10.3. The van der Waals surface area contributed by atoms with Gasteiger partial charge < -0.3 is 15.4 Å². The summed E-state index contributed by atoms with van der Waals surface area (Å²) >= 11 is 6.38. The minimum atomic E-state index is 0.0817. The van der Waals surface area contributed by atoms with E-state index in [0.717, 1.165) is 33.7 Å². The van der Waals surface area contributed by atoms with E-state index in [1.54, 1.807) is 0 Å². The topological polar surface area (TPSA) is 48.0 Å².